The summed E-state index contributed by atoms with van der Waals surface area (Å²) in [5.74, 6) is 1.79. The first kappa shape index (κ1) is 26.8. The minimum absolute atomic E-state index is 0.0818. The zero-order valence-corrected chi connectivity index (χ0v) is 20.9. The van der Waals surface area contributed by atoms with E-state index >= 15 is 0 Å². The number of aryl methyl sites for hydroxylation is 2. The predicted molar refractivity (Wildman–Crippen MR) is 132 cm³/mol. The first-order chi connectivity index (χ1) is 16.4. The van der Waals surface area contributed by atoms with E-state index in [9.17, 15) is 9.59 Å². The minimum atomic E-state index is -0.335. The summed E-state index contributed by atoms with van der Waals surface area (Å²) < 4.78 is 6.74. The van der Waals surface area contributed by atoms with Crippen molar-refractivity contribution in [1.82, 2.24) is 24.9 Å². The van der Waals surface area contributed by atoms with Gasteiger partial charge in [0.2, 0.25) is 12.3 Å². The van der Waals surface area contributed by atoms with E-state index in [1.165, 1.54) is 6.42 Å². The number of likely N-dealkylation sites (tertiary alicyclic amines) is 1. The Labute approximate surface area is 202 Å². The van der Waals surface area contributed by atoms with Gasteiger partial charge in [-0.3, -0.25) is 9.59 Å². The molecular weight excluding hydrogens is 430 g/mol. The van der Waals surface area contributed by atoms with E-state index in [1.54, 1.807) is 17.3 Å². The number of hydrogen-bond acceptors (Lipinski definition) is 5. The highest BCUT2D eigenvalue weighted by molar-refractivity contribution is 5.84. The summed E-state index contributed by atoms with van der Waals surface area (Å²) in [7, 11) is 0. The molecule has 0 radical (unpaired) electrons. The lowest BCUT2D eigenvalue weighted by Gasteiger charge is -2.22. The summed E-state index contributed by atoms with van der Waals surface area (Å²) in [4.78, 5) is 29.2. The average Bonchev–Trinajstić information content (AvgIpc) is 3.61. The highest BCUT2D eigenvalue weighted by atomic mass is 16.5. The summed E-state index contributed by atoms with van der Waals surface area (Å²) in [6.07, 6.45) is 9.90. The van der Waals surface area contributed by atoms with Crippen LogP contribution in [0.4, 0.5) is 0 Å². The fourth-order valence-electron chi connectivity index (χ4n) is 3.59. The van der Waals surface area contributed by atoms with Crippen LogP contribution in [-0.2, 0) is 16.0 Å². The van der Waals surface area contributed by atoms with Gasteiger partial charge in [0.1, 0.15) is 17.6 Å². The second-order valence-corrected chi connectivity index (χ2v) is 8.21. The molecule has 0 spiro atoms. The summed E-state index contributed by atoms with van der Waals surface area (Å²) in [6, 6.07) is 9.46. The minimum Gasteiger partial charge on any atom is -0.361 e. The van der Waals surface area contributed by atoms with Crippen molar-refractivity contribution in [2.45, 2.75) is 72.4 Å². The lowest BCUT2D eigenvalue weighted by atomic mass is 10.1. The molecule has 2 amide bonds. The Kier molecular flexibility index (Phi) is 11.0. The van der Waals surface area contributed by atoms with Gasteiger partial charge in [0.15, 0.2) is 0 Å². The molecule has 0 saturated carbocycles. The number of nitrogens with zero attached hydrogens (tertiary/aromatic N) is 4. The summed E-state index contributed by atoms with van der Waals surface area (Å²) in [6.45, 7) is 10.8. The molecule has 2 aromatic heterocycles. The Morgan fingerprint density at radius 1 is 1.21 bits per heavy atom. The molecule has 1 aliphatic rings. The van der Waals surface area contributed by atoms with Crippen LogP contribution in [0.3, 0.4) is 0 Å². The summed E-state index contributed by atoms with van der Waals surface area (Å²) in [5, 5.41) is 6.53. The van der Waals surface area contributed by atoms with Crippen molar-refractivity contribution >= 4 is 12.3 Å². The quantitative estimate of drug-likeness (QED) is 0.534. The van der Waals surface area contributed by atoms with Crippen LogP contribution in [0.25, 0.3) is 5.69 Å². The van der Waals surface area contributed by atoms with E-state index in [1.807, 2.05) is 61.9 Å². The number of imidazole rings is 1. The molecule has 3 heterocycles. The lowest BCUT2D eigenvalue weighted by Crippen LogP contribution is -2.43. The van der Waals surface area contributed by atoms with Gasteiger partial charge in [-0.15, -0.1) is 0 Å². The number of aromatic nitrogens is 3. The van der Waals surface area contributed by atoms with E-state index in [0.717, 1.165) is 48.5 Å². The number of carbonyl (C=O) groups excluding carboxylic acids is 2. The second kappa shape index (κ2) is 14.0. The van der Waals surface area contributed by atoms with Crippen LogP contribution in [0.5, 0.6) is 0 Å². The van der Waals surface area contributed by atoms with Crippen LogP contribution in [0.2, 0.25) is 0 Å². The molecule has 4 rings (SSSR count). The van der Waals surface area contributed by atoms with Crippen LogP contribution >= 0.6 is 0 Å². The molecule has 184 valence electrons. The van der Waals surface area contributed by atoms with Gasteiger partial charge in [-0.05, 0) is 44.4 Å². The summed E-state index contributed by atoms with van der Waals surface area (Å²) >= 11 is 0. The average molecular weight is 468 g/mol. The van der Waals surface area contributed by atoms with Crippen molar-refractivity contribution < 1.29 is 14.1 Å². The number of hydrogen-bond donors (Lipinski definition) is 1. The van der Waals surface area contributed by atoms with Crippen LogP contribution < -0.4 is 5.32 Å². The molecular formula is C26H37N5O3. The van der Waals surface area contributed by atoms with E-state index in [4.69, 9.17) is 4.52 Å². The van der Waals surface area contributed by atoms with Gasteiger partial charge in [-0.1, -0.05) is 44.5 Å². The monoisotopic (exact) mass is 467 g/mol. The van der Waals surface area contributed by atoms with Gasteiger partial charge in [-0.25, -0.2) is 4.98 Å². The molecule has 2 unspecified atom stereocenters. The van der Waals surface area contributed by atoms with Gasteiger partial charge in [-0.2, -0.15) is 0 Å². The maximum atomic E-state index is 12.4. The SMILES string of the molecule is CCC.CCc1ccno1.Cc1nccn1-c1ccc(C(C)NC(=O)C2CCCN2C=O)cc1. The molecule has 1 aromatic carbocycles. The first-order valence-electron chi connectivity index (χ1n) is 12.0. The molecule has 1 fully saturated rings. The van der Waals surface area contributed by atoms with Crippen molar-refractivity contribution in [3.05, 3.63) is 66.1 Å². The van der Waals surface area contributed by atoms with Crippen molar-refractivity contribution in [1.29, 1.82) is 0 Å². The molecule has 0 bridgehead atoms. The molecule has 2 atom stereocenters. The number of carbonyl (C=O) groups is 2. The van der Waals surface area contributed by atoms with Gasteiger partial charge >= 0.3 is 0 Å². The topological polar surface area (TPSA) is 93.3 Å². The third kappa shape index (κ3) is 7.57. The Morgan fingerprint density at radius 3 is 2.41 bits per heavy atom. The highest BCUT2D eigenvalue weighted by Gasteiger charge is 2.30. The molecule has 1 saturated heterocycles. The van der Waals surface area contributed by atoms with Crippen LogP contribution in [0.1, 0.15) is 70.1 Å². The number of rotatable bonds is 6. The zero-order valence-electron chi connectivity index (χ0n) is 20.9. The van der Waals surface area contributed by atoms with Crippen LogP contribution in [-0.4, -0.2) is 44.5 Å². The van der Waals surface area contributed by atoms with Gasteiger partial charge in [0.05, 0.1) is 12.2 Å². The molecule has 1 aliphatic heterocycles. The normalized spacial score (nSPS) is 15.4. The maximum absolute atomic E-state index is 12.4. The predicted octanol–water partition coefficient (Wildman–Crippen LogP) is 4.63. The van der Waals surface area contributed by atoms with E-state index in [0.29, 0.717) is 6.54 Å². The molecule has 8 heteroatoms. The molecule has 3 aromatic rings. The zero-order chi connectivity index (χ0) is 24.9. The Morgan fingerprint density at radius 2 is 1.91 bits per heavy atom. The molecule has 8 nitrogen and oxygen atoms in total. The van der Waals surface area contributed by atoms with E-state index in [-0.39, 0.29) is 18.0 Å². The first-order valence-corrected chi connectivity index (χ1v) is 12.0. The fourth-order valence-corrected chi connectivity index (χ4v) is 3.59. The third-order valence-electron chi connectivity index (χ3n) is 5.43. The number of benzene rings is 1. The molecule has 1 N–H and O–H groups in total. The van der Waals surface area contributed by atoms with Gasteiger partial charge < -0.3 is 19.3 Å². The van der Waals surface area contributed by atoms with Gasteiger partial charge in [0, 0.05) is 37.1 Å². The Hall–Kier alpha value is -3.42. The van der Waals surface area contributed by atoms with Crippen molar-refractivity contribution in [3.8, 4) is 5.69 Å². The van der Waals surface area contributed by atoms with E-state index in [2.05, 4.69) is 29.3 Å². The smallest absolute Gasteiger partial charge is 0.243 e. The standard InChI is InChI=1S/C18H22N4O2.C5H7NO.C3H8/c1-13(20-18(24)17-4-3-10-21(17)12-23)15-5-7-16(8-6-15)22-11-9-19-14(22)2;1-2-5-3-4-6-7-5;1-3-2/h5-9,11-13,17H,3-4,10H2,1-2H3,(H,20,24);3-4H,2H2,1H3;3H2,1-2H3. The largest absolute Gasteiger partial charge is 0.361 e. The third-order valence-corrected chi connectivity index (χ3v) is 5.43. The van der Waals surface area contributed by atoms with Crippen molar-refractivity contribution in [2.75, 3.05) is 6.54 Å². The molecule has 34 heavy (non-hydrogen) atoms. The fraction of sp³-hybridized carbons (Fsp3) is 0.462. The Balaban J connectivity index is 0.000000341. The Bertz CT molecular complexity index is 982. The second-order valence-electron chi connectivity index (χ2n) is 8.21. The summed E-state index contributed by atoms with van der Waals surface area (Å²) in [5.41, 5.74) is 2.07. The highest BCUT2D eigenvalue weighted by Crippen LogP contribution is 2.19. The van der Waals surface area contributed by atoms with Gasteiger partial charge in [0.25, 0.3) is 0 Å². The van der Waals surface area contributed by atoms with Crippen molar-refractivity contribution in [3.63, 3.8) is 0 Å². The maximum Gasteiger partial charge on any atom is 0.243 e. The molecule has 0 aliphatic carbocycles. The van der Waals surface area contributed by atoms with Crippen molar-refractivity contribution in [2.24, 2.45) is 0 Å². The number of nitrogens with one attached hydrogen (secondary N) is 1. The number of amides is 2. The van der Waals surface area contributed by atoms with Crippen LogP contribution in [0, 0.1) is 6.92 Å². The van der Waals surface area contributed by atoms with Crippen LogP contribution in [0.15, 0.2) is 53.4 Å². The lowest BCUT2D eigenvalue weighted by molar-refractivity contribution is -0.131. The van der Waals surface area contributed by atoms with E-state index < -0.39 is 0 Å².